The third-order valence-electron chi connectivity index (χ3n) is 4.86. The lowest BCUT2D eigenvalue weighted by atomic mass is 9.98. The molecule has 0 spiro atoms. The van der Waals surface area contributed by atoms with Gasteiger partial charge < -0.3 is 14.2 Å². The summed E-state index contributed by atoms with van der Waals surface area (Å²) in [5.74, 6) is 0.537. The minimum atomic E-state index is -0.406. The van der Waals surface area contributed by atoms with E-state index in [0.717, 1.165) is 31.2 Å². The fourth-order valence-electron chi connectivity index (χ4n) is 3.45. The first kappa shape index (κ1) is 22.6. The molecule has 30 heavy (non-hydrogen) atoms. The van der Waals surface area contributed by atoms with Crippen LogP contribution in [-0.2, 0) is 14.3 Å². The molecule has 1 aromatic rings. The molecule has 0 radical (unpaired) electrons. The number of hydrogen-bond donors (Lipinski definition) is 0. The van der Waals surface area contributed by atoms with Gasteiger partial charge in [0, 0.05) is 0 Å². The third kappa shape index (κ3) is 5.76. The molecule has 3 rings (SSSR count). The highest BCUT2D eigenvalue weighted by atomic mass is 32.2. The second kappa shape index (κ2) is 10.3. The Morgan fingerprint density at radius 3 is 2.67 bits per heavy atom. The van der Waals surface area contributed by atoms with Crippen LogP contribution < -0.4 is 9.47 Å². The lowest BCUT2D eigenvalue weighted by molar-refractivity contribution is -0.152. The van der Waals surface area contributed by atoms with Crippen LogP contribution in [0.4, 0.5) is 0 Å². The van der Waals surface area contributed by atoms with Crippen LogP contribution in [0.1, 0.15) is 51.5 Å². The van der Waals surface area contributed by atoms with Crippen molar-refractivity contribution in [1.82, 2.24) is 4.90 Å². The van der Waals surface area contributed by atoms with Gasteiger partial charge in [0.1, 0.15) is 17.0 Å². The molecule has 0 bridgehead atoms. The van der Waals surface area contributed by atoms with Gasteiger partial charge in [0.2, 0.25) is 0 Å². The fourth-order valence-corrected chi connectivity index (χ4v) is 4.70. The molecule has 6 nitrogen and oxygen atoms in total. The van der Waals surface area contributed by atoms with E-state index in [2.05, 4.69) is 0 Å². The Kier molecular flexibility index (Phi) is 7.77. The lowest BCUT2D eigenvalue weighted by Gasteiger charge is -2.23. The number of carbonyl (C=O) groups excluding carboxylic acids is 2. The largest absolute Gasteiger partial charge is 0.493 e. The van der Waals surface area contributed by atoms with Gasteiger partial charge in [0.15, 0.2) is 11.5 Å². The average molecular weight is 450 g/mol. The van der Waals surface area contributed by atoms with Crippen molar-refractivity contribution in [2.75, 3.05) is 13.7 Å². The van der Waals surface area contributed by atoms with Gasteiger partial charge in [-0.05, 0) is 63.3 Å². The molecule has 2 fully saturated rings. The van der Waals surface area contributed by atoms with Gasteiger partial charge in [-0.2, -0.15) is 0 Å². The standard InChI is InChI=1S/C22H27NO5S2/c1-14(2)27-17-10-9-15(11-18(17)26-3)12-19-21(25)23(22(29)30-19)13-20(24)28-16-7-5-4-6-8-16/h9-12,14,16H,4-8,13H2,1-3H3/b19-12-. The van der Waals surface area contributed by atoms with E-state index in [1.54, 1.807) is 13.2 Å². The maximum Gasteiger partial charge on any atom is 0.326 e. The van der Waals surface area contributed by atoms with Gasteiger partial charge in [0.25, 0.3) is 5.91 Å². The van der Waals surface area contributed by atoms with Crippen molar-refractivity contribution in [2.24, 2.45) is 0 Å². The van der Waals surface area contributed by atoms with E-state index >= 15 is 0 Å². The van der Waals surface area contributed by atoms with Crippen LogP contribution in [0, 0.1) is 0 Å². The van der Waals surface area contributed by atoms with E-state index in [9.17, 15) is 9.59 Å². The molecule has 1 heterocycles. The highest BCUT2D eigenvalue weighted by Gasteiger charge is 2.34. The normalized spacial score (nSPS) is 18.9. The van der Waals surface area contributed by atoms with Crippen LogP contribution in [0.3, 0.4) is 0 Å². The molecule has 1 aliphatic heterocycles. The van der Waals surface area contributed by atoms with Gasteiger partial charge in [-0.1, -0.05) is 36.5 Å². The predicted molar refractivity (Wildman–Crippen MR) is 122 cm³/mol. The van der Waals surface area contributed by atoms with Gasteiger partial charge >= 0.3 is 5.97 Å². The minimum Gasteiger partial charge on any atom is -0.493 e. The van der Waals surface area contributed by atoms with Crippen LogP contribution in [-0.4, -0.2) is 47.0 Å². The first-order chi connectivity index (χ1) is 14.4. The smallest absolute Gasteiger partial charge is 0.326 e. The summed E-state index contributed by atoms with van der Waals surface area (Å²) in [4.78, 5) is 26.9. The molecule has 0 unspecified atom stereocenters. The summed E-state index contributed by atoms with van der Waals surface area (Å²) in [5.41, 5.74) is 0.785. The molecule has 1 amide bonds. The number of nitrogens with zero attached hydrogens (tertiary/aromatic N) is 1. The first-order valence-corrected chi connectivity index (χ1v) is 11.4. The molecule has 1 aliphatic carbocycles. The molecule has 0 atom stereocenters. The SMILES string of the molecule is COc1cc(/C=C2\SC(=S)N(CC(=O)OC3CCCCC3)C2=O)ccc1OC(C)C. The van der Waals surface area contributed by atoms with E-state index in [-0.39, 0.29) is 24.7 Å². The molecule has 0 N–H and O–H groups in total. The summed E-state index contributed by atoms with van der Waals surface area (Å²) in [6.07, 6.45) is 6.84. The van der Waals surface area contributed by atoms with Crippen molar-refractivity contribution in [3.63, 3.8) is 0 Å². The van der Waals surface area contributed by atoms with Crippen LogP contribution in [0.25, 0.3) is 6.08 Å². The van der Waals surface area contributed by atoms with Crippen molar-refractivity contribution >= 4 is 46.3 Å². The summed E-state index contributed by atoms with van der Waals surface area (Å²) in [6.45, 7) is 3.74. The van der Waals surface area contributed by atoms with Gasteiger partial charge in [-0.25, -0.2) is 0 Å². The van der Waals surface area contributed by atoms with Gasteiger partial charge in [0.05, 0.1) is 18.1 Å². The van der Waals surface area contributed by atoms with E-state index in [0.29, 0.717) is 20.7 Å². The Bertz CT molecular complexity index is 846. The topological polar surface area (TPSA) is 65.1 Å². The summed E-state index contributed by atoms with van der Waals surface area (Å²) in [5, 5.41) is 0. The zero-order valence-corrected chi connectivity index (χ0v) is 19.1. The molecule has 162 valence electrons. The van der Waals surface area contributed by atoms with E-state index in [1.165, 1.54) is 23.1 Å². The Hall–Kier alpha value is -2.06. The summed E-state index contributed by atoms with van der Waals surface area (Å²) >= 11 is 6.51. The monoisotopic (exact) mass is 449 g/mol. The number of thioether (sulfide) groups is 1. The number of carbonyl (C=O) groups is 2. The van der Waals surface area contributed by atoms with Gasteiger partial charge in [-0.15, -0.1) is 0 Å². The van der Waals surface area contributed by atoms with Crippen LogP contribution in [0.2, 0.25) is 0 Å². The second-order valence-electron chi connectivity index (χ2n) is 7.59. The molecule has 1 aromatic carbocycles. The quantitative estimate of drug-likeness (QED) is 0.343. The molecule has 0 aromatic heterocycles. The van der Waals surface area contributed by atoms with E-state index in [1.807, 2.05) is 32.0 Å². The van der Waals surface area contributed by atoms with E-state index < -0.39 is 5.97 Å². The van der Waals surface area contributed by atoms with Crippen molar-refractivity contribution < 1.29 is 23.8 Å². The number of ether oxygens (including phenoxy) is 3. The highest BCUT2D eigenvalue weighted by molar-refractivity contribution is 8.26. The van der Waals surface area contributed by atoms with Crippen molar-refractivity contribution in [3.8, 4) is 11.5 Å². The summed E-state index contributed by atoms with van der Waals surface area (Å²) < 4.78 is 17.0. The number of benzene rings is 1. The molecule has 2 aliphatic rings. The van der Waals surface area contributed by atoms with Crippen LogP contribution in [0.15, 0.2) is 23.1 Å². The Balaban J connectivity index is 1.67. The molecule has 1 saturated carbocycles. The molecular formula is C22H27NO5S2. The highest BCUT2D eigenvalue weighted by Crippen LogP contribution is 2.35. The van der Waals surface area contributed by atoms with Crippen molar-refractivity contribution in [3.05, 3.63) is 28.7 Å². The van der Waals surface area contributed by atoms with Crippen molar-refractivity contribution in [2.45, 2.75) is 58.2 Å². The summed E-state index contributed by atoms with van der Waals surface area (Å²) in [6, 6.07) is 5.47. The van der Waals surface area contributed by atoms with Crippen LogP contribution >= 0.6 is 24.0 Å². The van der Waals surface area contributed by atoms with E-state index in [4.69, 9.17) is 26.4 Å². The number of rotatable bonds is 7. The second-order valence-corrected chi connectivity index (χ2v) is 9.27. The third-order valence-corrected chi connectivity index (χ3v) is 6.24. The molecular weight excluding hydrogens is 422 g/mol. The maximum atomic E-state index is 12.8. The fraction of sp³-hybridized carbons (Fsp3) is 0.500. The lowest BCUT2D eigenvalue weighted by Crippen LogP contribution is -2.36. The number of esters is 1. The zero-order chi connectivity index (χ0) is 21.7. The number of thiocarbonyl (C=S) groups is 1. The minimum absolute atomic E-state index is 0.0226. The Labute approximate surface area is 186 Å². The predicted octanol–water partition coefficient (Wildman–Crippen LogP) is 4.56. The number of methoxy groups -OCH3 is 1. The average Bonchev–Trinajstić information content (AvgIpc) is 2.96. The maximum absolute atomic E-state index is 12.8. The summed E-state index contributed by atoms with van der Waals surface area (Å²) in [7, 11) is 1.57. The Morgan fingerprint density at radius 1 is 1.27 bits per heavy atom. The van der Waals surface area contributed by atoms with Crippen molar-refractivity contribution in [1.29, 1.82) is 0 Å². The number of hydrogen-bond acceptors (Lipinski definition) is 7. The Morgan fingerprint density at radius 2 is 2.00 bits per heavy atom. The van der Waals surface area contributed by atoms with Gasteiger partial charge in [-0.3, -0.25) is 14.5 Å². The van der Waals surface area contributed by atoms with Crippen LogP contribution in [0.5, 0.6) is 11.5 Å². The zero-order valence-electron chi connectivity index (χ0n) is 17.5. The molecule has 1 saturated heterocycles. The molecule has 8 heteroatoms. The number of amides is 1. The first-order valence-electron chi connectivity index (χ1n) is 10.2.